The molecule has 0 aliphatic carbocycles. The highest BCUT2D eigenvalue weighted by Gasteiger charge is 2.20. The second kappa shape index (κ2) is 6.29. The molecule has 0 saturated carbocycles. The molecule has 4 nitrogen and oxygen atoms in total. The van der Waals surface area contributed by atoms with Crippen molar-refractivity contribution in [3.8, 4) is 22.9 Å². The van der Waals surface area contributed by atoms with E-state index in [4.69, 9.17) is 9.72 Å². The minimum atomic E-state index is 0.439. The molecule has 1 aromatic heterocycles. The highest BCUT2D eigenvalue weighted by molar-refractivity contribution is 6.04. The van der Waals surface area contributed by atoms with Gasteiger partial charge in [0.2, 0.25) is 0 Å². The fraction of sp³-hybridized carbons (Fsp3) is 0.143. The van der Waals surface area contributed by atoms with Crippen molar-refractivity contribution in [2.24, 2.45) is 0 Å². The summed E-state index contributed by atoms with van der Waals surface area (Å²) in [6.07, 6.45) is 4.24. The van der Waals surface area contributed by atoms with Crippen molar-refractivity contribution in [2.45, 2.75) is 0 Å². The summed E-state index contributed by atoms with van der Waals surface area (Å²) in [6, 6.07) is 18.2. The van der Waals surface area contributed by atoms with Gasteiger partial charge in [-0.25, -0.2) is 4.98 Å². The standard InChI is InChI=1S/C21H17N3O/c1-25-16-9-10-17-18(13-16)20(15-7-3-2-4-8-15)19(14-22)23-21(17)24-11-5-6-12-24/h2-10,13H,11-12H2,1H3. The molecule has 2 heterocycles. The van der Waals surface area contributed by atoms with Gasteiger partial charge in [-0.2, -0.15) is 5.26 Å². The van der Waals surface area contributed by atoms with Crippen molar-refractivity contribution in [1.82, 2.24) is 4.98 Å². The van der Waals surface area contributed by atoms with E-state index < -0.39 is 0 Å². The fourth-order valence-electron chi connectivity index (χ4n) is 3.27. The third-order valence-electron chi connectivity index (χ3n) is 4.48. The summed E-state index contributed by atoms with van der Waals surface area (Å²) in [5.41, 5.74) is 2.28. The van der Waals surface area contributed by atoms with Crippen LogP contribution >= 0.6 is 0 Å². The van der Waals surface area contributed by atoms with Gasteiger partial charge in [-0.15, -0.1) is 0 Å². The van der Waals surface area contributed by atoms with Crippen LogP contribution in [0.5, 0.6) is 5.75 Å². The lowest BCUT2D eigenvalue weighted by Gasteiger charge is -2.21. The maximum atomic E-state index is 9.76. The fourth-order valence-corrected chi connectivity index (χ4v) is 3.27. The van der Waals surface area contributed by atoms with E-state index in [9.17, 15) is 5.26 Å². The van der Waals surface area contributed by atoms with Crippen LogP contribution in [0, 0.1) is 11.3 Å². The Balaban J connectivity index is 2.06. The van der Waals surface area contributed by atoms with Crippen LogP contribution in [0.3, 0.4) is 0 Å². The van der Waals surface area contributed by atoms with Crippen LogP contribution in [0.2, 0.25) is 0 Å². The first kappa shape index (κ1) is 15.2. The minimum absolute atomic E-state index is 0.439. The van der Waals surface area contributed by atoms with E-state index in [0.29, 0.717) is 5.69 Å². The van der Waals surface area contributed by atoms with Crippen LogP contribution in [-0.2, 0) is 0 Å². The van der Waals surface area contributed by atoms with Crippen molar-refractivity contribution in [3.05, 3.63) is 66.4 Å². The number of methoxy groups -OCH3 is 1. The number of pyridine rings is 1. The summed E-state index contributed by atoms with van der Waals surface area (Å²) in [4.78, 5) is 6.89. The number of rotatable bonds is 3. The molecular weight excluding hydrogens is 310 g/mol. The predicted molar refractivity (Wildman–Crippen MR) is 99.8 cm³/mol. The second-order valence-corrected chi connectivity index (χ2v) is 5.92. The number of nitriles is 1. The third-order valence-corrected chi connectivity index (χ3v) is 4.48. The summed E-state index contributed by atoms with van der Waals surface area (Å²) in [5, 5.41) is 11.8. The molecule has 1 aliphatic rings. The van der Waals surface area contributed by atoms with E-state index in [1.807, 2.05) is 48.5 Å². The van der Waals surface area contributed by atoms with Crippen molar-refractivity contribution in [2.75, 3.05) is 25.1 Å². The van der Waals surface area contributed by atoms with Crippen LogP contribution in [0.1, 0.15) is 5.69 Å². The van der Waals surface area contributed by atoms with Crippen LogP contribution in [0.25, 0.3) is 21.9 Å². The second-order valence-electron chi connectivity index (χ2n) is 5.92. The third kappa shape index (κ3) is 2.60. The molecule has 0 spiro atoms. The Kier molecular flexibility index (Phi) is 3.83. The van der Waals surface area contributed by atoms with E-state index in [0.717, 1.165) is 46.6 Å². The predicted octanol–water partition coefficient (Wildman–Crippen LogP) is 4.16. The SMILES string of the molecule is COc1ccc2c(N3CC=CC3)nc(C#N)c(-c3ccccc3)c2c1. The lowest BCUT2D eigenvalue weighted by atomic mass is 9.96. The van der Waals surface area contributed by atoms with Gasteiger partial charge in [-0.1, -0.05) is 42.5 Å². The quantitative estimate of drug-likeness (QED) is 0.678. The largest absolute Gasteiger partial charge is 0.497 e. The van der Waals surface area contributed by atoms with E-state index in [1.54, 1.807) is 7.11 Å². The number of hydrogen-bond donors (Lipinski definition) is 0. The maximum Gasteiger partial charge on any atom is 0.151 e. The Morgan fingerprint density at radius 3 is 2.48 bits per heavy atom. The number of nitrogens with zero attached hydrogens (tertiary/aromatic N) is 3. The Bertz CT molecular complexity index is 995. The lowest BCUT2D eigenvalue weighted by molar-refractivity contribution is 0.415. The molecule has 0 amide bonds. The van der Waals surface area contributed by atoms with E-state index >= 15 is 0 Å². The monoisotopic (exact) mass is 327 g/mol. The Hall–Kier alpha value is -3.32. The minimum Gasteiger partial charge on any atom is -0.497 e. The molecule has 122 valence electrons. The van der Waals surface area contributed by atoms with Gasteiger partial charge >= 0.3 is 0 Å². The summed E-state index contributed by atoms with van der Waals surface area (Å²) >= 11 is 0. The Labute approximate surface area is 146 Å². The Morgan fingerprint density at radius 1 is 1.04 bits per heavy atom. The molecule has 0 unspecified atom stereocenters. The molecule has 3 aromatic rings. The zero-order valence-electron chi connectivity index (χ0n) is 13.9. The topological polar surface area (TPSA) is 49.1 Å². The van der Waals surface area contributed by atoms with Crippen LogP contribution in [0.15, 0.2) is 60.7 Å². The number of fused-ring (bicyclic) bond motifs is 1. The summed E-state index contributed by atoms with van der Waals surface area (Å²) in [7, 11) is 1.65. The van der Waals surface area contributed by atoms with E-state index in [-0.39, 0.29) is 0 Å². The lowest BCUT2D eigenvalue weighted by Crippen LogP contribution is -2.20. The smallest absolute Gasteiger partial charge is 0.151 e. The number of ether oxygens (including phenoxy) is 1. The van der Waals surface area contributed by atoms with Gasteiger partial charge < -0.3 is 9.64 Å². The zero-order chi connectivity index (χ0) is 17.2. The van der Waals surface area contributed by atoms with Gasteiger partial charge in [-0.3, -0.25) is 0 Å². The first-order chi connectivity index (χ1) is 12.3. The number of hydrogen-bond acceptors (Lipinski definition) is 4. The van der Waals surface area contributed by atoms with Gasteiger partial charge in [0.1, 0.15) is 17.6 Å². The van der Waals surface area contributed by atoms with Gasteiger partial charge in [0.15, 0.2) is 5.69 Å². The molecule has 0 atom stereocenters. The average molecular weight is 327 g/mol. The van der Waals surface area contributed by atoms with E-state index in [2.05, 4.69) is 23.1 Å². The van der Waals surface area contributed by atoms with Crippen molar-refractivity contribution in [3.63, 3.8) is 0 Å². The summed E-state index contributed by atoms with van der Waals surface area (Å²) < 4.78 is 5.42. The van der Waals surface area contributed by atoms with Gasteiger partial charge in [0.25, 0.3) is 0 Å². The van der Waals surface area contributed by atoms with Crippen molar-refractivity contribution in [1.29, 1.82) is 5.26 Å². The number of anilines is 1. The number of aromatic nitrogens is 1. The van der Waals surface area contributed by atoms with Gasteiger partial charge in [0, 0.05) is 24.0 Å². The molecule has 0 fully saturated rings. The maximum absolute atomic E-state index is 9.76. The molecule has 4 heteroatoms. The highest BCUT2D eigenvalue weighted by atomic mass is 16.5. The first-order valence-electron chi connectivity index (χ1n) is 8.19. The number of benzene rings is 2. The molecule has 1 aliphatic heterocycles. The zero-order valence-corrected chi connectivity index (χ0v) is 13.9. The van der Waals surface area contributed by atoms with Crippen molar-refractivity contribution < 1.29 is 4.74 Å². The van der Waals surface area contributed by atoms with Crippen molar-refractivity contribution >= 4 is 16.6 Å². The highest BCUT2D eigenvalue weighted by Crippen LogP contribution is 2.38. The first-order valence-corrected chi connectivity index (χ1v) is 8.19. The Morgan fingerprint density at radius 2 is 1.80 bits per heavy atom. The van der Waals surface area contributed by atoms with Crippen LogP contribution < -0.4 is 9.64 Å². The van der Waals surface area contributed by atoms with E-state index in [1.165, 1.54) is 0 Å². The molecule has 0 bridgehead atoms. The summed E-state index contributed by atoms with van der Waals surface area (Å²) in [6.45, 7) is 1.62. The normalized spacial score (nSPS) is 13.2. The van der Waals surface area contributed by atoms with Crippen LogP contribution in [-0.4, -0.2) is 25.2 Å². The average Bonchev–Trinajstić information content (AvgIpc) is 3.21. The molecule has 0 N–H and O–H groups in total. The summed E-state index contributed by atoms with van der Waals surface area (Å²) in [5.74, 6) is 1.61. The van der Waals surface area contributed by atoms with Gasteiger partial charge in [0.05, 0.1) is 7.11 Å². The van der Waals surface area contributed by atoms with Gasteiger partial charge in [-0.05, 0) is 29.1 Å². The molecular formula is C21H17N3O. The molecule has 0 radical (unpaired) electrons. The molecule has 4 rings (SSSR count). The molecule has 2 aromatic carbocycles. The molecule has 25 heavy (non-hydrogen) atoms. The van der Waals surface area contributed by atoms with Crippen LogP contribution in [0.4, 0.5) is 5.82 Å². The molecule has 0 saturated heterocycles.